The van der Waals surface area contributed by atoms with Crippen molar-refractivity contribution in [3.63, 3.8) is 0 Å². The van der Waals surface area contributed by atoms with Gasteiger partial charge in [-0.25, -0.2) is 0 Å². The zero-order chi connectivity index (χ0) is 9.97. The molecule has 1 atom stereocenters. The van der Waals surface area contributed by atoms with Crippen molar-refractivity contribution in [1.82, 2.24) is 5.32 Å². The van der Waals surface area contributed by atoms with Crippen LogP contribution in [0.3, 0.4) is 0 Å². The first-order chi connectivity index (χ1) is 6.77. The molecule has 0 spiro atoms. The van der Waals surface area contributed by atoms with E-state index in [9.17, 15) is 4.79 Å². The summed E-state index contributed by atoms with van der Waals surface area (Å²) in [7, 11) is 0. The van der Waals surface area contributed by atoms with Gasteiger partial charge in [0.05, 0.1) is 17.2 Å². The van der Waals surface area contributed by atoms with Crippen LogP contribution in [-0.2, 0) is 0 Å². The van der Waals surface area contributed by atoms with Crippen LogP contribution in [0.2, 0.25) is 0 Å². The number of alkyl halides is 1. The second-order valence-corrected chi connectivity index (χ2v) is 4.14. The molecule has 2 rings (SSSR count). The molecule has 1 aliphatic carbocycles. The van der Waals surface area contributed by atoms with Gasteiger partial charge in [0.15, 0.2) is 0 Å². The lowest BCUT2D eigenvalue weighted by Crippen LogP contribution is -2.30. The first-order valence-electron chi connectivity index (χ1n) is 4.72. The van der Waals surface area contributed by atoms with Crippen LogP contribution in [0.1, 0.15) is 23.2 Å². The summed E-state index contributed by atoms with van der Waals surface area (Å²) < 4.78 is 4.81. The third-order valence-electron chi connectivity index (χ3n) is 2.37. The minimum atomic E-state index is -0.120. The molecule has 14 heavy (non-hydrogen) atoms. The Labute approximate surface area is 87.4 Å². The van der Waals surface area contributed by atoms with Gasteiger partial charge in [0.25, 0.3) is 5.91 Å². The molecule has 3 nitrogen and oxygen atoms in total. The van der Waals surface area contributed by atoms with E-state index in [1.165, 1.54) is 25.4 Å². The fourth-order valence-corrected chi connectivity index (χ4v) is 1.64. The van der Waals surface area contributed by atoms with Crippen LogP contribution < -0.4 is 5.32 Å². The van der Waals surface area contributed by atoms with Gasteiger partial charge in [-0.2, -0.15) is 0 Å². The summed E-state index contributed by atoms with van der Waals surface area (Å²) in [6, 6.07) is 1.63. The number of carbonyl (C=O) groups excluding carboxylic acids is 1. The molecule has 76 valence electrons. The molecule has 1 heterocycles. The van der Waals surface area contributed by atoms with Gasteiger partial charge in [-0.3, -0.25) is 4.79 Å². The summed E-state index contributed by atoms with van der Waals surface area (Å²) >= 11 is 6.05. The van der Waals surface area contributed by atoms with Crippen molar-refractivity contribution in [3.8, 4) is 0 Å². The van der Waals surface area contributed by atoms with Crippen molar-refractivity contribution in [1.29, 1.82) is 0 Å². The Morgan fingerprint density at radius 3 is 3.07 bits per heavy atom. The van der Waals surface area contributed by atoms with Gasteiger partial charge in [-0.05, 0) is 24.8 Å². The van der Waals surface area contributed by atoms with E-state index in [2.05, 4.69) is 5.32 Å². The molecule has 1 aromatic heterocycles. The number of hydrogen-bond donors (Lipinski definition) is 1. The number of carbonyl (C=O) groups is 1. The molecule has 0 bridgehead atoms. The van der Waals surface area contributed by atoms with Crippen LogP contribution in [0.25, 0.3) is 0 Å². The second kappa shape index (κ2) is 4.05. The Kier molecular flexibility index (Phi) is 2.77. The maximum absolute atomic E-state index is 11.4. The third-order valence-corrected chi connectivity index (χ3v) is 2.89. The van der Waals surface area contributed by atoms with E-state index in [0.29, 0.717) is 18.0 Å². The SMILES string of the molecule is O=C(NCC(Cl)C1CC1)c1ccoc1. The van der Waals surface area contributed by atoms with Crippen molar-refractivity contribution < 1.29 is 9.21 Å². The Hall–Kier alpha value is -0.960. The molecular formula is C10H12ClNO2. The van der Waals surface area contributed by atoms with Gasteiger partial charge >= 0.3 is 0 Å². The Balaban J connectivity index is 1.77. The van der Waals surface area contributed by atoms with Crippen LogP contribution in [0.5, 0.6) is 0 Å². The standard InChI is InChI=1S/C10H12ClNO2/c11-9(7-1-2-7)5-12-10(13)8-3-4-14-6-8/h3-4,6-7,9H,1-2,5H2,(H,12,13). The monoisotopic (exact) mass is 213 g/mol. The largest absolute Gasteiger partial charge is 0.472 e. The molecule has 1 fully saturated rings. The molecule has 4 heteroatoms. The topological polar surface area (TPSA) is 42.2 Å². The van der Waals surface area contributed by atoms with Gasteiger partial charge in [0, 0.05) is 6.54 Å². The van der Waals surface area contributed by atoms with Crippen molar-refractivity contribution in [2.24, 2.45) is 5.92 Å². The van der Waals surface area contributed by atoms with Crippen LogP contribution in [-0.4, -0.2) is 17.8 Å². The van der Waals surface area contributed by atoms with Gasteiger partial charge in [-0.15, -0.1) is 11.6 Å². The predicted octanol–water partition coefficient (Wildman–Crippen LogP) is 2.03. The molecule has 0 aliphatic heterocycles. The van der Waals surface area contributed by atoms with Gasteiger partial charge in [0.1, 0.15) is 6.26 Å². The van der Waals surface area contributed by atoms with Crippen molar-refractivity contribution in [2.45, 2.75) is 18.2 Å². The van der Waals surface area contributed by atoms with E-state index >= 15 is 0 Å². The first kappa shape index (κ1) is 9.59. The number of nitrogens with one attached hydrogen (secondary N) is 1. The highest BCUT2D eigenvalue weighted by atomic mass is 35.5. The zero-order valence-corrected chi connectivity index (χ0v) is 8.46. The number of amides is 1. The van der Waals surface area contributed by atoms with Gasteiger partial charge in [0.2, 0.25) is 0 Å². The van der Waals surface area contributed by atoms with E-state index in [1.807, 2.05) is 0 Å². The summed E-state index contributed by atoms with van der Waals surface area (Å²) in [5.74, 6) is 0.478. The van der Waals surface area contributed by atoms with Gasteiger partial charge in [-0.1, -0.05) is 0 Å². The number of hydrogen-bond acceptors (Lipinski definition) is 2. The lowest BCUT2D eigenvalue weighted by atomic mass is 10.2. The molecule has 1 N–H and O–H groups in total. The fraction of sp³-hybridized carbons (Fsp3) is 0.500. The quantitative estimate of drug-likeness (QED) is 0.778. The van der Waals surface area contributed by atoms with Gasteiger partial charge < -0.3 is 9.73 Å². The molecule has 0 radical (unpaired) electrons. The Bertz CT molecular complexity index is 306. The molecule has 0 aromatic carbocycles. The molecule has 1 aliphatic rings. The van der Waals surface area contributed by atoms with Crippen LogP contribution in [0.4, 0.5) is 0 Å². The molecule has 1 amide bonds. The lowest BCUT2D eigenvalue weighted by Gasteiger charge is -2.08. The van der Waals surface area contributed by atoms with E-state index in [0.717, 1.165) is 0 Å². The number of rotatable bonds is 4. The number of furan rings is 1. The second-order valence-electron chi connectivity index (χ2n) is 3.58. The van der Waals surface area contributed by atoms with Crippen LogP contribution in [0.15, 0.2) is 23.0 Å². The highest BCUT2D eigenvalue weighted by Gasteiger charge is 2.29. The molecule has 1 unspecified atom stereocenters. The van der Waals surface area contributed by atoms with E-state index in [1.54, 1.807) is 6.07 Å². The highest BCUT2D eigenvalue weighted by Crippen LogP contribution is 2.35. The minimum absolute atomic E-state index is 0.0749. The van der Waals surface area contributed by atoms with Crippen LogP contribution in [0, 0.1) is 5.92 Å². The molecular weight excluding hydrogens is 202 g/mol. The minimum Gasteiger partial charge on any atom is -0.472 e. The van der Waals surface area contributed by atoms with Crippen molar-refractivity contribution >= 4 is 17.5 Å². The normalized spacial score (nSPS) is 17.8. The van der Waals surface area contributed by atoms with Crippen molar-refractivity contribution in [3.05, 3.63) is 24.2 Å². The molecule has 1 aromatic rings. The molecule has 0 saturated heterocycles. The van der Waals surface area contributed by atoms with E-state index < -0.39 is 0 Å². The zero-order valence-electron chi connectivity index (χ0n) is 7.70. The summed E-state index contributed by atoms with van der Waals surface area (Å²) in [5, 5.41) is 2.85. The maximum Gasteiger partial charge on any atom is 0.254 e. The summed E-state index contributed by atoms with van der Waals surface area (Å²) in [5.41, 5.74) is 0.546. The summed E-state index contributed by atoms with van der Waals surface area (Å²) in [6.07, 6.45) is 5.29. The number of halogens is 1. The summed E-state index contributed by atoms with van der Waals surface area (Å²) in [4.78, 5) is 11.4. The average Bonchev–Trinajstić information content (AvgIpc) is 2.90. The van der Waals surface area contributed by atoms with Crippen LogP contribution >= 0.6 is 11.6 Å². The van der Waals surface area contributed by atoms with E-state index in [4.69, 9.17) is 16.0 Å². The maximum atomic E-state index is 11.4. The third kappa shape index (κ3) is 2.29. The fourth-order valence-electron chi connectivity index (χ4n) is 1.31. The smallest absolute Gasteiger partial charge is 0.254 e. The van der Waals surface area contributed by atoms with E-state index in [-0.39, 0.29) is 11.3 Å². The molecule has 1 saturated carbocycles. The summed E-state index contributed by atoms with van der Waals surface area (Å²) in [6.45, 7) is 0.538. The average molecular weight is 214 g/mol. The first-order valence-corrected chi connectivity index (χ1v) is 5.15. The lowest BCUT2D eigenvalue weighted by molar-refractivity contribution is 0.0952. The predicted molar refractivity (Wildman–Crippen MR) is 53.4 cm³/mol. The Morgan fingerprint density at radius 1 is 1.71 bits per heavy atom. The highest BCUT2D eigenvalue weighted by molar-refractivity contribution is 6.21. The Morgan fingerprint density at radius 2 is 2.50 bits per heavy atom. The van der Waals surface area contributed by atoms with Crippen molar-refractivity contribution in [2.75, 3.05) is 6.54 Å².